The van der Waals surface area contributed by atoms with Crippen LogP contribution in [0.15, 0.2) is 30.7 Å². The first-order valence-corrected chi connectivity index (χ1v) is 9.97. The lowest BCUT2D eigenvalue weighted by Gasteiger charge is -2.21. The molecule has 1 heterocycles. The van der Waals surface area contributed by atoms with Crippen molar-refractivity contribution >= 4 is 23.4 Å². The number of non-ortho nitro benzene ring substituents is 1. The number of aliphatic hydroxyl groups is 1. The number of nitro benzene ring substituents is 2. The highest BCUT2D eigenvalue weighted by Gasteiger charge is 2.26. The molecule has 14 nitrogen and oxygen atoms in total. The van der Waals surface area contributed by atoms with Gasteiger partial charge in [0.05, 0.1) is 27.9 Å². The fourth-order valence-electron chi connectivity index (χ4n) is 2.45. The Kier molecular flexibility index (Phi) is 9.62. The monoisotopic (exact) mass is 481 g/mol. The standard InChI is InChI=1S/C17H19N5O8.C3H8O/c1-17(2,3)30-16(25)19-12(15(23)24)6-10-8-20(9-18-10)13-5-4-11(21(26)27)7-14(13)22(28)29;1-3(2)4/h4-5,7-9,12H,6H2,1-3H3,(H,19,25)(H,23,24);3-4H,1-2H3/t12-;/m1./s1. The number of benzene rings is 1. The van der Waals surface area contributed by atoms with Crippen LogP contribution >= 0.6 is 0 Å². The van der Waals surface area contributed by atoms with Gasteiger partial charge >= 0.3 is 12.1 Å². The van der Waals surface area contributed by atoms with Gasteiger partial charge in [-0.1, -0.05) is 0 Å². The molecule has 14 heteroatoms. The summed E-state index contributed by atoms with van der Waals surface area (Å²) in [6, 6.07) is 1.76. The second-order valence-corrected chi connectivity index (χ2v) is 8.29. The van der Waals surface area contributed by atoms with Crippen molar-refractivity contribution < 1.29 is 34.4 Å². The van der Waals surface area contributed by atoms with Gasteiger partial charge in [-0.15, -0.1) is 0 Å². The van der Waals surface area contributed by atoms with Crippen LogP contribution in [0.3, 0.4) is 0 Å². The zero-order chi connectivity index (χ0) is 26.2. The van der Waals surface area contributed by atoms with Crippen LogP contribution in [0.4, 0.5) is 16.2 Å². The van der Waals surface area contributed by atoms with Crippen LogP contribution < -0.4 is 5.32 Å². The molecule has 1 amide bonds. The van der Waals surface area contributed by atoms with Crippen molar-refractivity contribution in [1.82, 2.24) is 14.9 Å². The Labute approximate surface area is 194 Å². The summed E-state index contributed by atoms with van der Waals surface area (Å²) in [6.45, 7) is 8.32. The third kappa shape index (κ3) is 9.20. The fourth-order valence-corrected chi connectivity index (χ4v) is 2.45. The number of alkyl carbamates (subject to hydrolysis) is 1. The lowest BCUT2D eigenvalue weighted by atomic mass is 10.1. The number of imidazole rings is 1. The number of nitrogens with one attached hydrogen (secondary N) is 1. The van der Waals surface area contributed by atoms with E-state index in [2.05, 4.69) is 10.3 Å². The van der Waals surface area contributed by atoms with E-state index < -0.39 is 44.9 Å². The van der Waals surface area contributed by atoms with E-state index in [4.69, 9.17) is 9.84 Å². The minimum absolute atomic E-state index is 0.0105. The van der Waals surface area contributed by atoms with Crippen molar-refractivity contribution in [3.05, 3.63) is 56.6 Å². The van der Waals surface area contributed by atoms with E-state index >= 15 is 0 Å². The number of hydrogen-bond donors (Lipinski definition) is 3. The molecule has 1 aromatic heterocycles. The molecule has 0 bridgehead atoms. The molecule has 0 aliphatic rings. The van der Waals surface area contributed by atoms with Gasteiger partial charge in [0.15, 0.2) is 0 Å². The zero-order valence-corrected chi connectivity index (χ0v) is 19.3. The Morgan fingerprint density at radius 3 is 2.26 bits per heavy atom. The quantitative estimate of drug-likeness (QED) is 0.390. The highest BCUT2D eigenvalue weighted by atomic mass is 16.6. The van der Waals surface area contributed by atoms with Gasteiger partial charge in [-0.25, -0.2) is 14.6 Å². The van der Waals surface area contributed by atoms with Crippen molar-refractivity contribution in [3.8, 4) is 5.69 Å². The summed E-state index contributed by atoms with van der Waals surface area (Å²) in [5.74, 6) is -1.32. The predicted octanol–water partition coefficient (Wildman–Crippen LogP) is 2.60. The molecule has 2 aromatic rings. The van der Waals surface area contributed by atoms with Crippen molar-refractivity contribution in [2.45, 2.75) is 58.8 Å². The summed E-state index contributed by atoms with van der Waals surface area (Å²) in [6.07, 6.45) is 1.24. The van der Waals surface area contributed by atoms with Gasteiger partial charge in [0.25, 0.3) is 11.4 Å². The number of carbonyl (C=O) groups excluding carboxylic acids is 1. The number of aromatic nitrogens is 2. The van der Waals surface area contributed by atoms with Crippen molar-refractivity contribution in [2.75, 3.05) is 0 Å². The minimum Gasteiger partial charge on any atom is -0.480 e. The molecule has 0 unspecified atom stereocenters. The molecule has 0 fully saturated rings. The van der Waals surface area contributed by atoms with Crippen LogP contribution in [0.25, 0.3) is 5.69 Å². The molecule has 0 aliphatic heterocycles. The summed E-state index contributed by atoms with van der Waals surface area (Å²) in [5.41, 5.74) is -1.56. The number of aliphatic hydroxyl groups excluding tert-OH is 1. The van der Waals surface area contributed by atoms with E-state index in [1.54, 1.807) is 34.6 Å². The first kappa shape index (κ1) is 28.0. The Morgan fingerprint density at radius 1 is 1.21 bits per heavy atom. The summed E-state index contributed by atoms with van der Waals surface area (Å²) in [5, 5.41) is 41.8. The molecule has 1 atom stereocenters. The van der Waals surface area contributed by atoms with Gasteiger partial charge < -0.3 is 20.3 Å². The third-order valence-electron chi connectivity index (χ3n) is 3.68. The van der Waals surface area contributed by atoms with Crippen LogP contribution in [-0.2, 0) is 16.0 Å². The Morgan fingerprint density at radius 2 is 1.79 bits per heavy atom. The Hall–Kier alpha value is -4.07. The number of carboxylic acids is 1. The third-order valence-corrected chi connectivity index (χ3v) is 3.68. The molecular formula is C20H27N5O9. The van der Waals surface area contributed by atoms with E-state index in [0.29, 0.717) is 0 Å². The van der Waals surface area contributed by atoms with Gasteiger partial charge in [0.1, 0.15) is 17.3 Å². The number of ether oxygens (including phenoxy) is 1. The van der Waals surface area contributed by atoms with Gasteiger partial charge in [-0.2, -0.15) is 0 Å². The summed E-state index contributed by atoms with van der Waals surface area (Å²) < 4.78 is 6.27. The van der Waals surface area contributed by atoms with Gasteiger partial charge in [0.2, 0.25) is 0 Å². The Balaban J connectivity index is 0.00000133. The van der Waals surface area contributed by atoms with Crippen LogP contribution in [0.1, 0.15) is 40.3 Å². The van der Waals surface area contributed by atoms with E-state index in [-0.39, 0.29) is 23.9 Å². The predicted molar refractivity (Wildman–Crippen MR) is 119 cm³/mol. The summed E-state index contributed by atoms with van der Waals surface area (Å²) in [7, 11) is 0. The lowest BCUT2D eigenvalue weighted by molar-refractivity contribution is -0.394. The zero-order valence-electron chi connectivity index (χ0n) is 19.3. The maximum Gasteiger partial charge on any atom is 0.408 e. The van der Waals surface area contributed by atoms with Gasteiger partial charge in [0, 0.05) is 24.8 Å². The first-order chi connectivity index (χ1) is 15.6. The number of nitrogens with zero attached hydrogens (tertiary/aromatic N) is 4. The topological polar surface area (TPSA) is 200 Å². The SMILES string of the molecule is CC(C)(C)OC(=O)N[C@H](Cc1cn(-c2ccc([N+](=O)[O-])cc2[N+](=O)[O-])cn1)C(=O)O.CC(C)O. The average Bonchev–Trinajstić information content (AvgIpc) is 3.13. The van der Waals surface area contributed by atoms with E-state index in [1.165, 1.54) is 23.2 Å². The normalized spacial score (nSPS) is 11.7. The molecule has 2 rings (SSSR count). The average molecular weight is 481 g/mol. The van der Waals surface area contributed by atoms with E-state index in [9.17, 15) is 34.9 Å². The second kappa shape index (κ2) is 11.7. The molecule has 0 radical (unpaired) electrons. The largest absolute Gasteiger partial charge is 0.480 e. The van der Waals surface area contributed by atoms with Crippen molar-refractivity contribution in [1.29, 1.82) is 0 Å². The summed E-state index contributed by atoms with van der Waals surface area (Å²) in [4.78, 5) is 47.9. The van der Waals surface area contributed by atoms with Crippen molar-refractivity contribution in [3.63, 3.8) is 0 Å². The number of nitro groups is 2. The van der Waals surface area contributed by atoms with Gasteiger partial charge in [-0.05, 0) is 40.7 Å². The highest BCUT2D eigenvalue weighted by Crippen LogP contribution is 2.28. The Bertz CT molecular complexity index is 1040. The number of amides is 1. The van der Waals surface area contributed by atoms with Crippen LogP contribution in [-0.4, -0.2) is 59.4 Å². The van der Waals surface area contributed by atoms with Crippen LogP contribution in [0, 0.1) is 20.2 Å². The fraction of sp³-hybridized carbons (Fsp3) is 0.450. The number of hydrogen-bond acceptors (Lipinski definition) is 9. The minimum atomic E-state index is -1.35. The lowest BCUT2D eigenvalue weighted by Crippen LogP contribution is -2.44. The maximum absolute atomic E-state index is 11.8. The van der Waals surface area contributed by atoms with E-state index in [0.717, 1.165) is 12.1 Å². The maximum atomic E-state index is 11.8. The molecule has 0 saturated carbocycles. The second-order valence-electron chi connectivity index (χ2n) is 8.29. The molecule has 186 valence electrons. The van der Waals surface area contributed by atoms with E-state index in [1.807, 2.05) is 0 Å². The molecule has 1 aromatic carbocycles. The van der Waals surface area contributed by atoms with Crippen LogP contribution in [0.2, 0.25) is 0 Å². The molecular weight excluding hydrogens is 454 g/mol. The molecule has 0 saturated heterocycles. The first-order valence-electron chi connectivity index (χ1n) is 9.97. The number of aliphatic carboxylic acids is 1. The molecule has 0 aliphatic carbocycles. The highest BCUT2D eigenvalue weighted by molar-refractivity contribution is 5.80. The molecule has 34 heavy (non-hydrogen) atoms. The number of rotatable bonds is 7. The number of carboxylic acid groups (broad SMARTS) is 1. The summed E-state index contributed by atoms with van der Waals surface area (Å²) >= 11 is 0. The number of carbonyl (C=O) groups is 2. The smallest absolute Gasteiger partial charge is 0.408 e. The van der Waals surface area contributed by atoms with Crippen LogP contribution in [0.5, 0.6) is 0 Å². The van der Waals surface area contributed by atoms with Crippen molar-refractivity contribution in [2.24, 2.45) is 0 Å². The molecule has 0 spiro atoms. The van der Waals surface area contributed by atoms with Gasteiger partial charge in [-0.3, -0.25) is 24.8 Å². The molecule has 3 N–H and O–H groups in total.